The van der Waals surface area contributed by atoms with E-state index in [0.29, 0.717) is 0 Å². The smallest absolute Gasteiger partial charge is 0.0157 e. The van der Waals surface area contributed by atoms with Gasteiger partial charge in [0.15, 0.2) is 0 Å². The van der Waals surface area contributed by atoms with Crippen molar-refractivity contribution in [3.05, 3.63) is 23.3 Å². The van der Waals surface area contributed by atoms with Crippen LogP contribution in [0.1, 0.15) is 136 Å². The Bertz CT molecular complexity index is 313. The van der Waals surface area contributed by atoms with Crippen LogP contribution in [0, 0.1) is 0 Å². The first kappa shape index (κ1) is 22.5. The Labute approximate surface area is 159 Å². The van der Waals surface area contributed by atoms with Gasteiger partial charge in [0, 0.05) is 0 Å². The van der Waals surface area contributed by atoms with E-state index in [4.69, 9.17) is 0 Å². The summed E-state index contributed by atoms with van der Waals surface area (Å²) in [6.07, 6.45) is 31.8. The Morgan fingerprint density at radius 2 is 0.800 bits per heavy atom. The number of unbranched alkanes of at least 4 members (excludes halogenated alkanes) is 14. The third-order valence-electron chi connectivity index (χ3n) is 5.74. The summed E-state index contributed by atoms with van der Waals surface area (Å²) in [5, 5.41) is 0. The van der Waals surface area contributed by atoms with Gasteiger partial charge in [-0.25, -0.2) is 0 Å². The summed E-state index contributed by atoms with van der Waals surface area (Å²) in [7, 11) is 0. The molecule has 0 aromatic carbocycles. The second kappa shape index (κ2) is 16.9. The summed E-state index contributed by atoms with van der Waals surface area (Å²) < 4.78 is 0. The lowest BCUT2D eigenvalue weighted by Crippen LogP contribution is -1.90. The molecule has 0 nitrogen and oxygen atoms in total. The second-order valence-corrected chi connectivity index (χ2v) is 8.14. The summed E-state index contributed by atoms with van der Waals surface area (Å²) >= 11 is 0. The molecule has 1 aliphatic carbocycles. The molecule has 0 N–H and O–H groups in total. The lowest BCUT2D eigenvalue weighted by atomic mass is 9.97. The molecular formula is C25H46. The molecule has 0 fully saturated rings. The quantitative estimate of drug-likeness (QED) is 0.217. The van der Waals surface area contributed by atoms with Gasteiger partial charge in [0.25, 0.3) is 0 Å². The molecule has 1 aliphatic rings. The van der Waals surface area contributed by atoms with Crippen molar-refractivity contribution in [2.24, 2.45) is 0 Å². The van der Waals surface area contributed by atoms with E-state index in [2.05, 4.69) is 26.0 Å². The number of allylic oxidation sites excluding steroid dienone is 4. The van der Waals surface area contributed by atoms with E-state index in [9.17, 15) is 0 Å². The Hall–Kier alpha value is -0.520. The van der Waals surface area contributed by atoms with E-state index in [1.165, 1.54) is 122 Å². The van der Waals surface area contributed by atoms with E-state index in [1.54, 1.807) is 11.1 Å². The number of hydrogen-bond donors (Lipinski definition) is 0. The van der Waals surface area contributed by atoms with E-state index >= 15 is 0 Å². The van der Waals surface area contributed by atoms with Crippen LogP contribution in [0.5, 0.6) is 0 Å². The van der Waals surface area contributed by atoms with E-state index in [1.807, 2.05) is 0 Å². The Balaban J connectivity index is 1.95. The average molecular weight is 347 g/mol. The van der Waals surface area contributed by atoms with Crippen LogP contribution in [-0.4, -0.2) is 0 Å². The molecule has 0 saturated heterocycles. The highest BCUT2D eigenvalue weighted by molar-refractivity contribution is 5.36. The fourth-order valence-corrected chi connectivity index (χ4v) is 4.03. The van der Waals surface area contributed by atoms with Crippen molar-refractivity contribution in [3.8, 4) is 0 Å². The number of hydrogen-bond acceptors (Lipinski definition) is 0. The molecule has 0 aliphatic heterocycles. The van der Waals surface area contributed by atoms with Gasteiger partial charge in [0.1, 0.15) is 0 Å². The third kappa shape index (κ3) is 12.5. The molecule has 0 saturated carbocycles. The highest BCUT2D eigenvalue weighted by Crippen LogP contribution is 2.29. The van der Waals surface area contributed by atoms with Crippen molar-refractivity contribution in [2.45, 2.75) is 136 Å². The van der Waals surface area contributed by atoms with Crippen molar-refractivity contribution in [2.75, 3.05) is 0 Å². The normalized spacial score (nSPS) is 14.0. The van der Waals surface area contributed by atoms with Crippen LogP contribution >= 0.6 is 0 Å². The van der Waals surface area contributed by atoms with Gasteiger partial charge in [0.2, 0.25) is 0 Å². The van der Waals surface area contributed by atoms with Crippen LogP contribution in [0.2, 0.25) is 0 Å². The largest absolute Gasteiger partial charge is 0.0772 e. The van der Waals surface area contributed by atoms with Crippen LogP contribution in [0.4, 0.5) is 0 Å². The Morgan fingerprint density at radius 1 is 0.480 bits per heavy atom. The minimum atomic E-state index is 1.21. The van der Waals surface area contributed by atoms with Crippen molar-refractivity contribution < 1.29 is 0 Å². The highest BCUT2D eigenvalue weighted by Gasteiger charge is 2.09. The molecule has 0 heteroatoms. The molecule has 0 radical (unpaired) electrons. The molecule has 0 aromatic heterocycles. The minimum absolute atomic E-state index is 1.21. The topological polar surface area (TPSA) is 0 Å². The number of rotatable bonds is 18. The maximum atomic E-state index is 2.50. The summed E-state index contributed by atoms with van der Waals surface area (Å²) in [4.78, 5) is 0. The molecule has 146 valence electrons. The molecule has 0 atom stereocenters. The van der Waals surface area contributed by atoms with Gasteiger partial charge in [-0.2, -0.15) is 0 Å². The molecular weight excluding hydrogens is 300 g/mol. The van der Waals surface area contributed by atoms with Gasteiger partial charge in [-0.15, -0.1) is 0 Å². The molecule has 0 unspecified atom stereocenters. The first-order valence-corrected chi connectivity index (χ1v) is 11.8. The lowest BCUT2D eigenvalue weighted by Gasteiger charge is -2.09. The molecule has 0 spiro atoms. The van der Waals surface area contributed by atoms with Gasteiger partial charge in [-0.1, -0.05) is 116 Å². The predicted molar refractivity (Wildman–Crippen MR) is 115 cm³/mol. The van der Waals surface area contributed by atoms with Crippen molar-refractivity contribution in [3.63, 3.8) is 0 Å². The molecule has 0 amide bonds. The average Bonchev–Trinajstić information content (AvgIpc) is 3.07. The van der Waals surface area contributed by atoms with Crippen LogP contribution < -0.4 is 0 Å². The first-order valence-electron chi connectivity index (χ1n) is 11.8. The summed E-state index contributed by atoms with van der Waals surface area (Å²) in [5.74, 6) is 0. The fraction of sp³-hybridized carbons (Fsp3) is 0.840. The Kier molecular flexibility index (Phi) is 15.2. The maximum absolute atomic E-state index is 2.50. The maximum Gasteiger partial charge on any atom is -0.0157 e. The predicted octanol–water partition coefficient (Wildman–Crippen LogP) is 9.30. The summed E-state index contributed by atoms with van der Waals surface area (Å²) in [6, 6.07) is 0. The van der Waals surface area contributed by atoms with E-state index < -0.39 is 0 Å². The highest BCUT2D eigenvalue weighted by atomic mass is 14.1. The second-order valence-electron chi connectivity index (χ2n) is 8.14. The first-order chi connectivity index (χ1) is 12.4. The van der Waals surface area contributed by atoms with Gasteiger partial charge >= 0.3 is 0 Å². The molecule has 1 rings (SSSR count). The Morgan fingerprint density at radius 3 is 1.16 bits per heavy atom. The third-order valence-corrected chi connectivity index (χ3v) is 5.74. The zero-order chi connectivity index (χ0) is 18.0. The zero-order valence-corrected chi connectivity index (χ0v) is 17.6. The lowest BCUT2D eigenvalue weighted by molar-refractivity contribution is 0.570. The van der Waals surface area contributed by atoms with Gasteiger partial charge in [0.05, 0.1) is 0 Å². The van der Waals surface area contributed by atoms with E-state index in [0.717, 1.165) is 0 Å². The summed E-state index contributed by atoms with van der Waals surface area (Å²) in [6.45, 7) is 4.60. The SMILES string of the molecule is CCCCCCCCCCC1=CCC=C1CCCCCCCCCC. The van der Waals surface area contributed by atoms with Gasteiger partial charge in [-0.05, 0) is 43.3 Å². The van der Waals surface area contributed by atoms with Crippen LogP contribution in [0.25, 0.3) is 0 Å². The van der Waals surface area contributed by atoms with Gasteiger partial charge < -0.3 is 0 Å². The van der Waals surface area contributed by atoms with E-state index in [-0.39, 0.29) is 0 Å². The van der Waals surface area contributed by atoms with Gasteiger partial charge in [-0.3, -0.25) is 0 Å². The molecule has 0 heterocycles. The minimum Gasteiger partial charge on any atom is -0.0772 e. The zero-order valence-electron chi connectivity index (χ0n) is 17.6. The molecule has 25 heavy (non-hydrogen) atoms. The summed E-state index contributed by atoms with van der Waals surface area (Å²) in [5.41, 5.74) is 3.41. The molecule has 0 bridgehead atoms. The van der Waals surface area contributed by atoms with Crippen LogP contribution in [-0.2, 0) is 0 Å². The van der Waals surface area contributed by atoms with Crippen LogP contribution in [0.3, 0.4) is 0 Å². The van der Waals surface area contributed by atoms with Crippen molar-refractivity contribution in [1.82, 2.24) is 0 Å². The fourth-order valence-electron chi connectivity index (χ4n) is 4.03. The van der Waals surface area contributed by atoms with Crippen molar-refractivity contribution >= 4 is 0 Å². The molecule has 0 aromatic rings. The van der Waals surface area contributed by atoms with Crippen molar-refractivity contribution in [1.29, 1.82) is 0 Å². The standard InChI is InChI=1S/C25H46/c1-3-5-7-9-11-13-15-17-20-24-22-19-23-25(24)21-18-16-14-12-10-8-6-4-2/h22-23H,3-21H2,1-2H3. The van der Waals surface area contributed by atoms with Crippen LogP contribution in [0.15, 0.2) is 23.3 Å². The monoisotopic (exact) mass is 346 g/mol.